The van der Waals surface area contributed by atoms with Gasteiger partial charge in [-0.1, -0.05) is 75.6 Å². The van der Waals surface area contributed by atoms with Gasteiger partial charge in [0.05, 0.1) is 18.3 Å². The maximum atomic E-state index is 11.0. The molecule has 2 saturated heterocycles. The van der Waals surface area contributed by atoms with E-state index in [-0.39, 0.29) is 18.1 Å². The minimum absolute atomic E-state index is 0.00918. The van der Waals surface area contributed by atoms with Gasteiger partial charge >= 0.3 is 11.9 Å². The van der Waals surface area contributed by atoms with Crippen LogP contribution in [-0.4, -0.2) is 51.4 Å². The molecule has 3 N–H and O–H groups in total. The lowest BCUT2D eigenvalue weighted by Crippen LogP contribution is -2.52. The topological polar surface area (TPSA) is 113 Å². The zero-order chi connectivity index (χ0) is 29.0. The molecule has 0 aromatic carbocycles. The van der Waals surface area contributed by atoms with Crippen molar-refractivity contribution in [2.24, 2.45) is 17.8 Å². The number of unbranched alkanes of at least 4 members (excludes halogenated alkanes) is 1. The fraction of sp³-hybridized carbons (Fsp3) is 0.625. The molecule has 1 spiro atoms. The summed E-state index contributed by atoms with van der Waals surface area (Å²) in [5.74, 6) is -2.14. The molecule has 2 aliphatic heterocycles. The summed E-state index contributed by atoms with van der Waals surface area (Å²) in [5, 5.41) is 28.1. The number of rotatable bonds is 13. The van der Waals surface area contributed by atoms with E-state index in [0.29, 0.717) is 17.4 Å². The SMILES string of the molecule is CCCC[C@H]1CC[C@]2(CC[C@H](C)[C@@H](C/C=C(C)/C=C/[C@H](O)[C@@H](C)/C=C/C(=O)O)O2)O[C@H]1/C=C/C(C)=C/C(=O)O. The molecule has 0 bridgehead atoms. The first-order chi connectivity index (χ1) is 18.4. The highest BCUT2D eigenvalue weighted by Gasteiger charge is 2.46. The van der Waals surface area contributed by atoms with E-state index >= 15 is 0 Å². The molecule has 0 radical (unpaired) electrons. The summed E-state index contributed by atoms with van der Waals surface area (Å²) in [4.78, 5) is 21.7. The van der Waals surface area contributed by atoms with E-state index < -0.39 is 23.8 Å². The van der Waals surface area contributed by atoms with Crippen molar-refractivity contribution in [1.29, 1.82) is 0 Å². The first-order valence-corrected chi connectivity index (χ1v) is 14.3. The summed E-state index contributed by atoms with van der Waals surface area (Å²) >= 11 is 0. The lowest BCUT2D eigenvalue weighted by molar-refractivity contribution is -0.324. The lowest BCUT2D eigenvalue weighted by Gasteiger charge is -2.49. The van der Waals surface area contributed by atoms with Crippen molar-refractivity contribution in [1.82, 2.24) is 0 Å². The van der Waals surface area contributed by atoms with Crippen molar-refractivity contribution in [3.05, 3.63) is 59.8 Å². The van der Waals surface area contributed by atoms with Crippen LogP contribution in [0.2, 0.25) is 0 Å². The van der Waals surface area contributed by atoms with Gasteiger partial charge in [0.25, 0.3) is 0 Å². The third kappa shape index (κ3) is 11.3. The summed E-state index contributed by atoms with van der Waals surface area (Å²) in [6.07, 6.45) is 20.2. The number of aliphatic hydroxyl groups excluding tert-OH is 1. The molecule has 0 aromatic heterocycles. The largest absolute Gasteiger partial charge is 0.478 e. The van der Waals surface area contributed by atoms with Gasteiger partial charge in [-0.3, -0.25) is 0 Å². The van der Waals surface area contributed by atoms with Crippen LogP contribution in [0.4, 0.5) is 0 Å². The molecule has 0 saturated carbocycles. The first-order valence-electron chi connectivity index (χ1n) is 14.3. The number of ether oxygens (including phenoxy) is 2. The van der Waals surface area contributed by atoms with Crippen molar-refractivity contribution in [2.75, 3.05) is 0 Å². The van der Waals surface area contributed by atoms with Gasteiger partial charge in [0.15, 0.2) is 5.79 Å². The van der Waals surface area contributed by atoms with Gasteiger partial charge in [-0.2, -0.15) is 0 Å². The van der Waals surface area contributed by atoms with E-state index in [1.165, 1.54) is 12.2 Å². The van der Waals surface area contributed by atoms with Crippen LogP contribution in [0.15, 0.2) is 59.8 Å². The van der Waals surface area contributed by atoms with Crippen LogP contribution in [0.5, 0.6) is 0 Å². The van der Waals surface area contributed by atoms with Gasteiger partial charge in [0, 0.05) is 30.9 Å². The van der Waals surface area contributed by atoms with E-state index in [4.69, 9.17) is 19.7 Å². The highest BCUT2D eigenvalue weighted by Crippen LogP contribution is 2.45. The smallest absolute Gasteiger partial charge is 0.328 e. The zero-order valence-electron chi connectivity index (χ0n) is 24.2. The Labute approximate surface area is 234 Å². The molecule has 2 rings (SSSR count). The van der Waals surface area contributed by atoms with Gasteiger partial charge < -0.3 is 24.8 Å². The molecule has 0 aliphatic carbocycles. The number of carbonyl (C=O) groups is 2. The Kier molecular flexibility index (Phi) is 13.4. The number of aliphatic carboxylic acids is 2. The Hall–Kier alpha value is -2.48. The highest BCUT2D eigenvalue weighted by atomic mass is 16.7. The predicted octanol–water partition coefficient (Wildman–Crippen LogP) is 6.60. The average Bonchev–Trinajstić information content (AvgIpc) is 2.88. The minimum atomic E-state index is -1.03. The summed E-state index contributed by atoms with van der Waals surface area (Å²) in [6, 6.07) is 0. The average molecular weight is 545 g/mol. The summed E-state index contributed by atoms with van der Waals surface area (Å²) < 4.78 is 13.4. The molecule has 39 heavy (non-hydrogen) atoms. The van der Waals surface area contributed by atoms with Crippen molar-refractivity contribution in [3.63, 3.8) is 0 Å². The molecule has 7 atom stereocenters. The van der Waals surface area contributed by atoms with Gasteiger partial charge in [0.2, 0.25) is 0 Å². The summed E-state index contributed by atoms with van der Waals surface area (Å²) in [7, 11) is 0. The molecule has 0 amide bonds. The quantitative estimate of drug-likeness (QED) is 0.177. The molecule has 7 nitrogen and oxygen atoms in total. The third-order valence-electron chi connectivity index (χ3n) is 7.83. The number of hydrogen-bond donors (Lipinski definition) is 3. The monoisotopic (exact) mass is 544 g/mol. The lowest BCUT2D eigenvalue weighted by atomic mass is 9.81. The van der Waals surface area contributed by atoms with Crippen molar-refractivity contribution < 1.29 is 34.4 Å². The number of allylic oxidation sites excluding steroid dienone is 4. The number of hydrogen-bond acceptors (Lipinski definition) is 5. The van der Waals surface area contributed by atoms with Crippen LogP contribution in [0.25, 0.3) is 0 Å². The first kappa shape index (κ1) is 32.7. The van der Waals surface area contributed by atoms with E-state index in [1.807, 2.05) is 25.2 Å². The number of aliphatic hydroxyl groups is 1. The second-order valence-electron chi connectivity index (χ2n) is 11.3. The second kappa shape index (κ2) is 15.9. The van der Waals surface area contributed by atoms with Gasteiger partial charge in [-0.25, -0.2) is 9.59 Å². The molecule has 218 valence electrons. The second-order valence-corrected chi connectivity index (χ2v) is 11.3. The van der Waals surface area contributed by atoms with Crippen LogP contribution < -0.4 is 0 Å². The highest BCUT2D eigenvalue weighted by molar-refractivity contribution is 5.81. The Balaban J connectivity index is 2.08. The van der Waals surface area contributed by atoms with E-state index in [9.17, 15) is 14.7 Å². The fourth-order valence-corrected chi connectivity index (χ4v) is 5.21. The summed E-state index contributed by atoms with van der Waals surface area (Å²) in [6.45, 7) is 9.94. The molecule has 2 fully saturated rings. The Morgan fingerprint density at radius 1 is 1.00 bits per heavy atom. The van der Waals surface area contributed by atoms with Gasteiger partial charge in [0.1, 0.15) is 0 Å². The maximum absolute atomic E-state index is 11.0. The standard InChI is InChI=1S/C32H48O7/c1-6-7-8-26-18-20-32(39-29(26)15-11-23(3)21-31(36)37)19-17-25(5)28(38-32)14-10-22(2)9-13-27(33)24(4)12-16-30(34)35/h9-13,15-16,21,24-29,33H,6-8,14,17-20H2,1-5H3,(H,34,35)(H,36,37)/b13-9+,15-11+,16-12+,22-10+,23-21+/t24-,25-,26-,27-,28+,29-,32-/m0/s1. The van der Waals surface area contributed by atoms with Crippen molar-refractivity contribution in [2.45, 2.75) is 110 Å². The van der Waals surface area contributed by atoms with Crippen molar-refractivity contribution >= 4 is 11.9 Å². The van der Waals surface area contributed by atoms with E-state index in [0.717, 1.165) is 63.0 Å². The molecule has 0 unspecified atom stereocenters. The Morgan fingerprint density at radius 3 is 2.38 bits per heavy atom. The van der Waals surface area contributed by atoms with E-state index in [1.54, 1.807) is 19.9 Å². The van der Waals surface area contributed by atoms with Crippen LogP contribution >= 0.6 is 0 Å². The van der Waals surface area contributed by atoms with Gasteiger partial charge in [-0.05, 0) is 56.9 Å². The van der Waals surface area contributed by atoms with Crippen LogP contribution in [0, 0.1) is 17.8 Å². The molecule has 0 aromatic rings. The number of carboxylic acids is 2. The van der Waals surface area contributed by atoms with Crippen LogP contribution in [0.3, 0.4) is 0 Å². The third-order valence-corrected chi connectivity index (χ3v) is 7.83. The van der Waals surface area contributed by atoms with Crippen molar-refractivity contribution in [3.8, 4) is 0 Å². The zero-order valence-corrected chi connectivity index (χ0v) is 24.2. The molecule has 7 heteroatoms. The molecule has 2 heterocycles. The molecule has 2 aliphatic rings. The summed E-state index contributed by atoms with van der Waals surface area (Å²) in [5.41, 5.74) is 1.69. The predicted molar refractivity (Wildman–Crippen MR) is 153 cm³/mol. The Morgan fingerprint density at radius 2 is 1.72 bits per heavy atom. The van der Waals surface area contributed by atoms with Crippen LogP contribution in [-0.2, 0) is 19.1 Å². The van der Waals surface area contributed by atoms with Gasteiger partial charge in [-0.15, -0.1) is 0 Å². The molecular formula is C32H48O7. The fourth-order valence-electron chi connectivity index (χ4n) is 5.21. The Bertz CT molecular complexity index is 960. The molecular weight excluding hydrogens is 496 g/mol. The minimum Gasteiger partial charge on any atom is -0.478 e. The van der Waals surface area contributed by atoms with E-state index in [2.05, 4.69) is 19.9 Å². The van der Waals surface area contributed by atoms with Crippen LogP contribution in [0.1, 0.15) is 86.0 Å². The normalized spacial score (nSPS) is 30.4. The number of carboxylic acid groups (broad SMARTS) is 2. The maximum Gasteiger partial charge on any atom is 0.328 e.